The van der Waals surface area contributed by atoms with Gasteiger partial charge in [-0.3, -0.25) is 4.98 Å². The van der Waals surface area contributed by atoms with Crippen molar-refractivity contribution < 1.29 is 42.5 Å². The topological polar surface area (TPSA) is 121 Å². The number of nitrogen functional groups attached to an aromatic ring is 1. The predicted molar refractivity (Wildman–Crippen MR) is 108 cm³/mol. The summed E-state index contributed by atoms with van der Waals surface area (Å²) in [7, 11) is -4.70. The van der Waals surface area contributed by atoms with Crippen molar-refractivity contribution in [3.8, 4) is 11.3 Å². The molecule has 0 aliphatic heterocycles. The fraction of sp³-hybridized carbons (Fsp3) is 0. The van der Waals surface area contributed by atoms with Crippen molar-refractivity contribution >= 4 is 49.3 Å². The maximum absolute atomic E-state index is 11.7. The molecule has 29 heavy (non-hydrogen) atoms. The van der Waals surface area contributed by atoms with Gasteiger partial charge >= 0.3 is 29.6 Å². The molecule has 0 amide bonds. The maximum atomic E-state index is 11.7. The summed E-state index contributed by atoms with van der Waals surface area (Å²) in [4.78, 5) is 3.96. The van der Waals surface area contributed by atoms with Crippen LogP contribution in [-0.4, -0.2) is 18.0 Å². The molecule has 0 saturated heterocycles. The molecule has 4 aromatic rings. The molecule has 2 aromatic heterocycles. The summed E-state index contributed by atoms with van der Waals surface area (Å²) in [6.45, 7) is 0. The number of hydrogen-bond donors (Lipinski definition) is 1. The van der Waals surface area contributed by atoms with Crippen LogP contribution in [-0.2, 0) is 10.1 Å². The van der Waals surface area contributed by atoms with Crippen molar-refractivity contribution in [1.82, 2.24) is 4.98 Å². The van der Waals surface area contributed by atoms with Crippen LogP contribution in [0, 0.1) is 0 Å². The zero-order chi connectivity index (χ0) is 19.7. The fourth-order valence-corrected chi connectivity index (χ4v) is 4.13. The van der Waals surface area contributed by atoms with Gasteiger partial charge in [0.2, 0.25) is 0 Å². The molecular formula is C19H13N4NaO3S2. The molecule has 4 rings (SSSR count). The molecule has 0 aliphatic rings. The molecule has 0 unspecified atom stereocenters. The summed E-state index contributed by atoms with van der Waals surface area (Å²) in [6, 6.07) is 13.2. The molecule has 0 saturated carbocycles. The Morgan fingerprint density at radius 1 is 1.03 bits per heavy atom. The molecule has 140 valence electrons. The van der Waals surface area contributed by atoms with E-state index >= 15 is 0 Å². The third kappa shape index (κ3) is 4.55. The zero-order valence-corrected chi connectivity index (χ0v) is 18.9. The van der Waals surface area contributed by atoms with Gasteiger partial charge in [-0.2, -0.15) is 11.3 Å². The van der Waals surface area contributed by atoms with Crippen molar-refractivity contribution in [2.45, 2.75) is 4.90 Å². The van der Waals surface area contributed by atoms with Gasteiger partial charge in [-0.1, -0.05) is 24.3 Å². The molecule has 0 atom stereocenters. The molecule has 0 fully saturated rings. The van der Waals surface area contributed by atoms with Crippen LogP contribution < -0.4 is 35.3 Å². The van der Waals surface area contributed by atoms with E-state index in [0.717, 1.165) is 17.3 Å². The fourth-order valence-electron chi connectivity index (χ4n) is 2.78. The van der Waals surface area contributed by atoms with Crippen molar-refractivity contribution in [2.24, 2.45) is 10.2 Å². The van der Waals surface area contributed by atoms with Crippen LogP contribution in [0.5, 0.6) is 0 Å². The first-order valence-corrected chi connectivity index (χ1v) is 10.5. The van der Waals surface area contributed by atoms with Gasteiger partial charge in [0.15, 0.2) is 0 Å². The number of thiophene rings is 1. The average Bonchev–Trinajstić information content (AvgIpc) is 3.22. The number of aromatic nitrogens is 1. The van der Waals surface area contributed by atoms with E-state index < -0.39 is 10.1 Å². The Kier molecular flexibility index (Phi) is 6.47. The number of nitrogens with zero attached hydrogens (tertiary/aromatic N) is 3. The molecule has 0 aliphatic carbocycles. The summed E-state index contributed by atoms with van der Waals surface area (Å²) in [6.07, 6.45) is 1.55. The van der Waals surface area contributed by atoms with Gasteiger partial charge in [0.1, 0.15) is 21.5 Å². The van der Waals surface area contributed by atoms with Crippen LogP contribution in [0.1, 0.15) is 0 Å². The number of pyridine rings is 1. The van der Waals surface area contributed by atoms with Crippen molar-refractivity contribution in [1.29, 1.82) is 0 Å². The van der Waals surface area contributed by atoms with Crippen molar-refractivity contribution in [3.05, 3.63) is 65.5 Å². The van der Waals surface area contributed by atoms with E-state index in [-0.39, 0.29) is 51.2 Å². The minimum atomic E-state index is -4.70. The van der Waals surface area contributed by atoms with Gasteiger partial charge in [0, 0.05) is 21.7 Å². The van der Waals surface area contributed by atoms with Crippen LogP contribution >= 0.6 is 11.3 Å². The summed E-state index contributed by atoms with van der Waals surface area (Å²) < 4.78 is 35.0. The largest absolute Gasteiger partial charge is 1.00 e. The minimum absolute atomic E-state index is 0. The second-order valence-electron chi connectivity index (χ2n) is 5.92. The van der Waals surface area contributed by atoms with E-state index in [2.05, 4.69) is 15.2 Å². The normalized spacial score (nSPS) is 11.6. The zero-order valence-electron chi connectivity index (χ0n) is 15.3. The Labute approximate surface area is 193 Å². The number of azo groups is 1. The third-order valence-electron chi connectivity index (χ3n) is 4.13. The van der Waals surface area contributed by atoms with Crippen LogP contribution in [0.15, 0.2) is 80.6 Å². The van der Waals surface area contributed by atoms with Crippen molar-refractivity contribution in [2.75, 3.05) is 5.73 Å². The van der Waals surface area contributed by atoms with E-state index in [1.807, 2.05) is 22.9 Å². The second-order valence-corrected chi connectivity index (χ2v) is 8.05. The van der Waals surface area contributed by atoms with E-state index in [9.17, 15) is 13.0 Å². The molecule has 7 nitrogen and oxygen atoms in total. The number of nitrogens with two attached hydrogens (primary N) is 1. The molecular weight excluding hydrogens is 419 g/mol. The van der Waals surface area contributed by atoms with Gasteiger partial charge in [-0.15, -0.1) is 10.2 Å². The number of fused-ring (bicyclic) bond motifs is 1. The smallest absolute Gasteiger partial charge is 0.744 e. The van der Waals surface area contributed by atoms with Gasteiger partial charge in [0.05, 0.1) is 22.5 Å². The first kappa shape index (κ1) is 21.6. The van der Waals surface area contributed by atoms with Crippen LogP contribution in [0.2, 0.25) is 0 Å². The Morgan fingerprint density at radius 2 is 1.79 bits per heavy atom. The monoisotopic (exact) mass is 432 g/mol. The Balaban J connectivity index is 0.00000240. The first-order chi connectivity index (χ1) is 13.4. The summed E-state index contributed by atoms with van der Waals surface area (Å²) in [5.41, 5.74) is 8.76. The Morgan fingerprint density at radius 3 is 2.41 bits per heavy atom. The van der Waals surface area contributed by atoms with Crippen LogP contribution in [0.25, 0.3) is 22.0 Å². The van der Waals surface area contributed by atoms with E-state index in [4.69, 9.17) is 5.73 Å². The Hall–Kier alpha value is -2.14. The van der Waals surface area contributed by atoms with E-state index in [0.29, 0.717) is 11.1 Å². The summed E-state index contributed by atoms with van der Waals surface area (Å²) in [5, 5.41) is 12.8. The number of rotatable bonds is 4. The average molecular weight is 432 g/mol. The molecule has 2 N–H and O–H groups in total. The number of benzene rings is 2. The maximum Gasteiger partial charge on any atom is 1.00 e. The quantitative estimate of drug-likeness (QED) is 0.228. The standard InChI is InChI=1S/C19H14N4O3S2.Na/c20-19-15-4-2-1-3-14(15)18(28(24,25)26)9-17(19)23-22-13-5-6-16(21-10-13)12-7-8-27-11-12;/h1-11H,20H2,(H,24,25,26);/q;+1/p-1. The SMILES string of the molecule is Nc1c(N=Nc2ccc(-c3ccsc3)nc2)cc(S(=O)(=O)[O-])c2ccccc12.[Na+]. The minimum Gasteiger partial charge on any atom is -0.744 e. The van der Waals surface area contributed by atoms with Gasteiger partial charge in [0.25, 0.3) is 0 Å². The van der Waals surface area contributed by atoms with Crippen LogP contribution in [0.3, 0.4) is 0 Å². The van der Waals surface area contributed by atoms with Gasteiger partial charge < -0.3 is 10.3 Å². The third-order valence-corrected chi connectivity index (χ3v) is 5.69. The molecule has 10 heteroatoms. The van der Waals surface area contributed by atoms with Crippen LogP contribution in [0.4, 0.5) is 17.1 Å². The Bertz CT molecular complexity index is 1290. The summed E-state index contributed by atoms with van der Waals surface area (Å²) in [5.74, 6) is 0. The van der Waals surface area contributed by atoms with Gasteiger partial charge in [-0.05, 0) is 29.6 Å². The molecule has 0 radical (unpaired) electrons. The number of anilines is 1. The van der Waals surface area contributed by atoms with Crippen molar-refractivity contribution in [3.63, 3.8) is 0 Å². The van der Waals surface area contributed by atoms with Gasteiger partial charge in [-0.25, -0.2) is 8.42 Å². The van der Waals surface area contributed by atoms with E-state index in [1.54, 1.807) is 41.8 Å². The predicted octanol–water partition coefficient (Wildman–Crippen LogP) is 1.87. The summed E-state index contributed by atoms with van der Waals surface area (Å²) >= 11 is 1.58. The molecule has 2 heterocycles. The second kappa shape index (κ2) is 8.70. The van der Waals surface area contributed by atoms with E-state index in [1.165, 1.54) is 6.07 Å². The molecule has 2 aromatic carbocycles. The first-order valence-electron chi connectivity index (χ1n) is 8.11. The molecule has 0 spiro atoms. The number of hydrogen-bond acceptors (Lipinski definition) is 8. The molecule has 0 bridgehead atoms.